The summed E-state index contributed by atoms with van der Waals surface area (Å²) in [5.41, 5.74) is 1.79. The van der Waals surface area contributed by atoms with Gasteiger partial charge >= 0.3 is 0 Å². The molecular weight excluding hydrogens is 305 g/mol. The van der Waals surface area contributed by atoms with Gasteiger partial charge in [0.25, 0.3) is 0 Å². The minimum absolute atomic E-state index is 0.219. The van der Waals surface area contributed by atoms with E-state index in [9.17, 15) is 9.50 Å². The van der Waals surface area contributed by atoms with E-state index < -0.39 is 0 Å². The molecule has 7 heteroatoms. The normalized spacial score (nSPS) is 11.4. The van der Waals surface area contributed by atoms with Gasteiger partial charge in [0.15, 0.2) is 5.76 Å². The predicted molar refractivity (Wildman–Crippen MR) is 79.9 cm³/mol. The van der Waals surface area contributed by atoms with Crippen molar-refractivity contribution in [1.82, 2.24) is 14.6 Å². The number of nitrogens with zero attached hydrogens (tertiary/aromatic N) is 3. The van der Waals surface area contributed by atoms with Gasteiger partial charge in [-0.3, -0.25) is 0 Å². The summed E-state index contributed by atoms with van der Waals surface area (Å²) in [5.74, 6) is 0.262. The van der Waals surface area contributed by atoms with E-state index in [0.29, 0.717) is 32.7 Å². The topological polar surface area (TPSA) is 63.6 Å². The van der Waals surface area contributed by atoms with Gasteiger partial charge in [-0.1, -0.05) is 23.5 Å². The van der Waals surface area contributed by atoms with Crippen molar-refractivity contribution >= 4 is 16.3 Å². The number of imidazole rings is 1. The van der Waals surface area contributed by atoms with Gasteiger partial charge in [0.05, 0.1) is 12.9 Å². The van der Waals surface area contributed by atoms with E-state index >= 15 is 0 Å². The highest BCUT2D eigenvalue weighted by Gasteiger charge is 2.19. The SMILES string of the molecule is OCc1c(-c2ccco2)nc2sc(-c3cccc(F)c3)nn12. The highest BCUT2D eigenvalue weighted by Crippen LogP contribution is 2.31. The molecule has 0 saturated carbocycles. The van der Waals surface area contributed by atoms with Crippen molar-refractivity contribution in [2.24, 2.45) is 0 Å². The Labute approximate surface area is 128 Å². The monoisotopic (exact) mass is 315 g/mol. The lowest BCUT2D eigenvalue weighted by atomic mass is 10.2. The van der Waals surface area contributed by atoms with Gasteiger partial charge in [-0.05, 0) is 24.3 Å². The number of fused-ring (bicyclic) bond motifs is 1. The number of benzene rings is 1. The van der Waals surface area contributed by atoms with Gasteiger partial charge in [-0.25, -0.2) is 13.9 Å². The van der Waals surface area contributed by atoms with Crippen molar-refractivity contribution in [2.45, 2.75) is 6.61 Å². The number of furan rings is 1. The maximum Gasteiger partial charge on any atom is 0.213 e. The number of aromatic nitrogens is 3. The molecule has 22 heavy (non-hydrogen) atoms. The van der Waals surface area contributed by atoms with Crippen LogP contribution in [-0.4, -0.2) is 19.7 Å². The van der Waals surface area contributed by atoms with Gasteiger partial charge in [-0.2, -0.15) is 5.10 Å². The van der Waals surface area contributed by atoms with Gasteiger partial charge < -0.3 is 9.52 Å². The van der Waals surface area contributed by atoms with E-state index in [2.05, 4.69) is 10.1 Å². The Kier molecular flexibility index (Phi) is 3.02. The molecule has 0 aliphatic heterocycles. The Balaban J connectivity index is 1.88. The van der Waals surface area contributed by atoms with Crippen LogP contribution in [-0.2, 0) is 6.61 Å². The first kappa shape index (κ1) is 13.2. The first-order valence-corrected chi connectivity index (χ1v) is 7.37. The number of rotatable bonds is 3. The molecule has 110 valence electrons. The van der Waals surface area contributed by atoms with Crippen molar-refractivity contribution in [3.05, 3.63) is 54.2 Å². The summed E-state index contributed by atoms with van der Waals surface area (Å²) in [4.78, 5) is 5.09. The fourth-order valence-corrected chi connectivity index (χ4v) is 3.20. The summed E-state index contributed by atoms with van der Waals surface area (Å²) in [6.45, 7) is -0.219. The van der Waals surface area contributed by atoms with E-state index in [0.717, 1.165) is 0 Å². The minimum Gasteiger partial charge on any atom is -0.463 e. The van der Waals surface area contributed by atoms with Gasteiger partial charge in [0.2, 0.25) is 4.96 Å². The van der Waals surface area contributed by atoms with Crippen LogP contribution in [0.3, 0.4) is 0 Å². The number of hydrogen-bond donors (Lipinski definition) is 1. The van der Waals surface area contributed by atoms with E-state index in [1.165, 1.54) is 23.5 Å². The Hall–Kier alpha value is -2.51. The molecule has 5 nitrogen and oxygen atoms in total. The lowest BCUT2D eigenvalue weighted by Crippen LogP contribution is -1.95. The Bertz CT molecular complexity index is 943. The van der Waals surface area contributed by atoms with Crippen molar-refractivity contribution in [3.8, 4) is 22.0 Å². The number of aliphatic hydroxyl groups excluding tert-OH is 1. The Morgan fingerprint density at radius 1 is 1.27 bits per heavy atom. The standard InChI is InChI=1S/C15H10FN3O2S/c16-10-4-1-3-9(7-10)14-18-19-11(8-20)13(17-15(19)22-14)12-5-2-6-21-12/h1-7,20H,8H2. The molecule has 4 rings (SSSR count). The van der Waals surface area contributed by atoms with Crippen molar-refractivity contribution in [3.63, 3.8) is 0 Å². The summed E-state index contributed by atoms with van der Waals surface area (Å²) in [6, 6.07) is 9.76. The molecule has 3 aromatic heterocycles. The van der Waals surface area contributed by atoms with E-state index in [4.69, 9.17) is 4.42 Å². The number of hydrogen-bond acceptors (Lipinski definition) is 5. The van der Waals surface area contributed by atoms with Crippen molar-refractivity contribution in [2.75, 3.05) is 0 Å². The molecule has 0 spiro atoms. The molecule has 0 aliphatic carbocycles. The third-order valence-corrected chi connectivity index (χ3v) is 4.23. The van der Waals surface area contributed by atoms with Crippen LogP contribution in [0.25, 0.3) is 27.0 Å². The zero-order valence-electron chi connectivity index (χ0n) is 11.2. The molecule has 0 aliphatic rings. The Morgan fingerprint density at radius 2 is 2.18 bits per heavy atom. The summed E-state index contributed by atoms with van der Waals surface area (Å²) >= 11 is 1.33. The molecule has 0 unspecified atom stereocenters. The predicted octanol–water partition coefficient (Wildman–Crippen LogP) is 3.35. The second kappa shape index (κ2) is 5.04. The molecule has 0 saturated heterocycles. The summed E-state index contributed by atoms with van der Waals surface area (Å²) in [7, 11) is 0. The van der Waals surface area contributed by atoms with Gasteiger partial charge in [0.1, 0.15) is 22.2 Å². The second-order valence-corrected chi connectivity index (χ2v) is 5.61. The lowest BCUT2D eigenvalue weighted by molar-refractivity contribution is 0.274. The van der Waals surface area contributed by atoms with Crippen LogP contribution in [0.4, 0.5) is 4.39 Å². The Morgan fingerprint density at radius 3 is 2.91 bits per heavy atom. The maximum absolute atomic E-state index is 13.3. The summed E-state index contributed by atoms with van der Waals surface area (Å²) in [5, 5.41) is 14.7. The third-order valence-electron chi connectivity index (χ3n) is 3.27. The average Bonchev–Trinajstić information content (AvgIpc) is 3.22. The molecule has 1 aromatic carbocycles. The van der Waals surface area contributed by atoms with Crippen LogP contribution in [0.2, 0.25) is 0 Å². The molecule has 0 radical (unpaired) electrons. The summed E-state index contributed by atoms with van der Waals surface area (Å²) < 4.78 is 20.2. The third kappa shape index (κ3) is 2.02. The van der Waals surface area contributed by atoms with Gasteiger partial charge in [-0.15, -0.1) is 0 Å². The molecular formula is C15H10FN3O2S. The highest BCUT2D eigenvalue weighted by atomic mass is 32.1. The van der Waals surface area contributed by atoms with E-state index in [-0.39, 0.29) is 12.4 Å². The van der Waals surface area contributed by atoms with Crippen molar-refractivity contribution < 1.29 is 13.9 Å². The van der Waals surface area contributed by atoms with E-state index in [1.807, 2.05) is 0 Å². The first-order valence-electron chi connectivity index (χ1n) is 6.55. The molecule has 3 heterocycles. The second-order valence-electron chi connectivity index (χ2n) is 4.65. The zero-order chi connectivity index (χ0) is 15.1. The first-order chi connectivity index (χ1) is 10.8. The van der Waals surface area contributed by atoms with Crippen LogP contribution in [0, 0.1) is 5.82 Å². The number of halogens is 1. The molecule has 4 aromatic rings. The molecule has 1 N–H and O–H groups in total. The number of aliphatic hydroxyl groups is 1. The van der Waals surface area contributed by atoms with Crippen LogP contribution < -0.4 is 0 Å². The quantitative estimate of drug-likeness (QED) is 0.630. The lowest BCUT2D eigenvalue weighted by Gasteiger charge is -1.97. The van der Waals surface area contributed by atoms with Crippen LogP contribution >= 0.6 is 11.3 Å². The van der Waals surface area contributed by atoms with Crippen molar-refractivity contribution in [1.29, 1.82) is 0 Å². The maximum atomic E-state index is 13.3. The van der Waals surface area contributed by atoms with Crippen LogP contribution in [0.5, 0.6) is 0 Å². The molecule has 0 bridgehead atoms. The van der Waals surface area contributed by atoms with Crippen LogP contribution in [0.15, 0.2) is 47.1 Å². The minimum atomic E-state index is -0.316. The fourth-order valence-electron chi connectivity index (χ4n) is 2.28. The average molecular weight is 315 g/mol. The summed E-state index contributed by atoms with van der Waals surface area (Å²) in [6.07, 6.45) is 1.55. The molecule has 0 amide bonds. The highest BCUT2D eigenvalue weighted by molar-refractivity contribution is 7.19. The van der Waals surface area contributed by atoms with Gasteiger partial charge in [0, 0.05) is 5.56 Å². The van der Waals surface area contributed by atoms with Crippen LogP contribution in [0.1, 0.15) is 5.69 Å². The fraction of sp³-hybridized carbons (Fsp3) is 0.0667. The van der Waals surface area contributed by atoms with E-state index in [1.54, 1.807) is 35.0 Å². The zero-order valence-corrected chi connectivity index (χ0v) is 12.0. The smallest absolute Gasteiger partial charge is 0.213 e. The molecule has 0 fully saturated rings. The molecule has 0 atom stereocenters. The largest absolute Gasteiger partial charge is 0.463 e.